The lowest BCUT2D eigenvalue weighted by Gasteiger charge is -2.14. The summed E-state index contributed by atoms with van der Waals surface area (Å²) in [4.78, 5) is 29.1. The van der Waals surface area contributed by atoms with E-state index in [9.17, 15) is 22.8 Å². The molecule has 2 atom stereocenters. The van der Waals surface area contributed by atoms with Gasteiger partial charge in [0.25, 0.3) is 5.91 Å². The van der Waals surface area contributed by atoms with Gasteiger partial charge in [0.1, 0.15) is 11.4 Å². The maximum Gasteiger partial charge on any atom is 0.573 e. The van der Waals surface area contributed by atoms with Crippen LogP contribution in [0.2, 0.25) is 0 Å². The third-order valence-corrected chi connectivity index (χ3v) is 8.49. The molecule has 1 aromatic heterocycles. The molecule has 41 heavy (non-hydrogen) atoms. The summed E-state index contributed by atoms with van der Waals surface area (Å²) in [6.07, 6.45) is 5.55. The number of hydrogen-bond acceptors (Lipinski definition) is 6. The fourth-order valence-corrected chi connectivity index (χ4v) is 6.31. The highest BCUT2D eigenvalue weighted by atomic mass is 32.1. The normalized spacial score (nSPS) is 17.5. The van der Waals surface area contributed by atoms with E-state index in [0.29, 0.717) is 40.8 Å². The van der Waals surface area contributed by atoms with E-state index in [4.69, 9.17) is 9.72 Å². The van der Waals surface area contributed by atoms with Crippen molar-refractivity contribution in [2.24, 2.45) is 5.92 Å². The van der Waals surface area contributed by atoms with E-state index >= 15 is 0 Å². The number of rotatable bonds is 11. The van der Waals surface area contributed by atoms with Crippen molar-refractivity contribution in [2.75, 3.05) is 12.4 Å². The van der Waals surface area contributed by atoms with Crippen LogP contribution in [0.1, 0.15) is 85.6 Å². The average molecular weight is 589 g/mol. The Hall–Kier alpha value is -3.40. The number of halogens is 3. The second-order valence-electron chi connectivity index (χ2n) is 10.4. The van der Waals surface area contributed by atoms with E-state index in [2.05, 4.69) is 10.1 Å². The van der Waals surface area contributed by atoms with Crippen LogP contribution in [0, 0.1) is 5.92 Å². The summed E-state index contributed by atoms with van der Waals surface area (Å²) in [6, 6.07) is 12.7. The molecule has 1 amide bonds. The Morgan fingerprint density at radius 1 is 1.00 bits per heavy atom. The van der Waals surface area contributed by atoms with E-state index in [1.807, 2.05) is 0 Å². The second-order valence-corrected chi connectivity index (χ2v) is 11.3. The molecule has 0 bridgehead atoms. The molecule has 0 spiro atoms. The Bertz CT molecular complexity index is 1290. The largest absolute Gasteiger partial charge is 0.573 e. The van der Waals surface area contributed by atoms with Gasteiger partial charge in [0, 0.05) is 29.0 Å². The fraction of sp³-hybridized carbons (Fsp3) is 0.452. The molecule has 1 aliphatic rings. The van der Waals surface area contributed by atoms with Crippen molar-refractivity contribution in [3.05, 3.63) is 64.6 Å². The van der Waals surface area contributed by atoms with Gasteiger partial charge in [-0.2, -0.15) is 0 Å². The molecule has 2 aromatic carbocycles. The van der Waals surface area contributed by atoms with E-state index in [1.54, 1.807) is 29.6 Å². The average Bonchev–Trinajstić information content (AvgIpc) is 3.33. The number of ether oxygens (including phenoxy) is 2. The van der Waals surface area contributed by atoms with Gasteiger partial charge in [0.2, 0.25) is 0 Å². The highest BCUT2D eigenvalue weighted by Crippen LogP contribution is 2.37. The standard InChI is InChI=1S/C31H35F3N2O4S/c1-39-28(37)13-4-2-3-8-21-9-7-10-23(15-14-21)30-36-27(20-41-30)29(38)35-26-12-6-5-11-25(26)22-16-18-24(19-17-22)40-31(32,33)34/h5-6,11-12,16-21,23H,2-4,7-10,13-15H2,1H3,(H,35,38). The van der Waals surface area contributed by atoms with Gasteiger partial charge in [0.05, 0.1) is 12.1 Å². The van der Waals surface area contributed by atoms with Crippen LogP contribution in [-0.4, -0.2) is 30.3 Å². The van der Waals surface area contributed by atoms with Crippen LogP contribution in [-0.2, 0) is 9.53 Å². The van der Waals surface area contributed by atoms with Gasteiger partial charge in [-0.3, -0.25) is 9.59 Å². The number of methoxy groups -OCH3 is 1. The van der Waals surface area contributed by atoms with Crippen molar-refractivity contribution >= 4 is 28.9 Å². The molecule has 0 aliphatic heterocycles. The van der Waals surface area contributed by atoms with E-state index in [0.717, 1.165) is 50.0 Å². The second kappa shape index (κ2) is 14.5. The molecule has 2 unspecified atom stereocenters. The van der Waals surface area contributed by atoms with Gasteiger partial charge in [-0.15, -0.1) is 24.5 Å². The van der Waals surface area contributed by atoms with Crippen LogP contribution in [0.15, 0.2) is 53.9 Å². The number of aromatic nitrogens is 1. The van der Waals surface area contributed by atoms with Gasteiger partial charge in [0.15, 0.2) is 0 Å². The number of para-hydroxylation sites is 1. The molecule has 10 heteroatoms. The Balaban J connectivity index is 1.32. The summed E-state index contributed by atoms with van der Waals surface area (Å²) in [5, 5.41) is 5.70. The zero-order valence-electron chi connectivity index (χ0n) is 23.0. The minimum absolute atomic E-state index is 0.142. The first-order chi connectivity index (χ1) is 19.7. The molecule has 1 N–H and O–H groups in total. The van der Waals surface area contributed by atoms with E-state index in [-0.39, 0.29) is 17.6 Å². The van der Waals surface area contributed by atoms with Gasteiger partial charge >= 0.3 is 12.3 Å². The predicted octanol–water partition coefficient (Wildman–Crippen LogP) is 8.75. The highest BCUT2D eigenvalue weighted by Gasteiger charge is 2.31. The number of anilines is 1. The van der Waals surface area contributed by atoms with Crippen LogP contribution < -0.4 is 10.1 Å². The first-order valence-corrected chi connectivity index (χ1v) is 14.9. The van der Waals surface area contributed by atoms with Crippen molar-refractivity contribution < 1.29 is 32.2 Å². The number of esters is 1. The maximum absolute atomic E-state index is 13.1. The maximum atomic E-state index is 13.1. The van der Waals surface area contributed by atoms with Crippen molar-refractivity contribution in [2.45, 2.75) is 76.5 Å². The van der Waals surface area contributed by atoms with Crippen LogP contribution >= 0.6 is 11.3 Å². The number of unbranched alkanes of at least 4 members (excludes halogenated alkanes) is 2. The van der Waals surface area contributed by atoms with Crippen molar-refractivity contribution in [3.8, 4) is 16.9 Å². The number of hydrogen-bond donors (Lipinski definition) is 1. The zero-order chi connectivity index (χ0) is 29.2. The SMILES string of the molecule is COC(=O)CCCCCC1CCCC(c2nc(C(=O)Nc3ccccc3-c3ccc(OC(F)(F)F)cc3)cs2)CC1. The number of nitrogens with one attached hydrogen (secondary N) is 1. The summed E-state index contributed by atoms with van der Waals surface area (Å²) < 4.78 is 46.2. The smallest absolute Gasteiger partial charge is 0.469 e. The first-order valence-electron chi connectivity index (χ1n) is 14.0. The Kier molecular flexibility index (Phi) is 10.8. The third kappa shape index (κ3) is 9.31. The van der Waals surface area contributed by atoms with Gasteiger partial charge in [-0.05, 0) is 55.4 Å². The van der Waals surface area contributed by atoms with Crippen molar-refractivity contribution in [3.63, 3.8) is 0 Å². The van der Waals surface area contributed by atoms with Crippen LogP contribution in [0.3, 0.4) is 0 Å². The highest BCUT2D eigenvalue weighted by molar-refractivity contribution is 7.10. The number of benzene rings is 2. The van der Waals surface area contributed by atoms with Crippen molar-refractivity contribution in [1.82, 2.24) is 4.98 Å². The molecule has 6 nitrogen and oxygen atoms in total. The summed E-state index contributed by atoms with van der Waals surface area (Å²) in [7, 11) is 1.42. The molecule has 1 aliphatic carbocycles. The van der Waals surface area contributed by atoms with E-state index < -0.39 is 6.36 Å². The topological polar surface area (TPSA) is 77.5 Å². The third-order valence-electron chi connectivity index (χ3n) is 7.49. The molecule has 1 fully saturated rings. The molecule has 0 radical (unpaired) electrons. The monoisotopic (exact) mass is 588 g/mol. The quantitative estimate of drug-likeness (QED) is 0.138. The minimum Gasteiger partial charge on any atom is -0.469 e. The molecule has 1 saturated carbocycles. The zero-order valence-corrected chi connectivity index (χ0v) is 23.9. The summed E-state index contributed by atoms with van der Waals surface area (Å²) >= 11 is 1.52. The fourth-order valence-electron chi connectivity index (χ4n) is 5.34. The summed E-state index contributed by atoms with van der Waals surface area (Å²) in [6.45, 7) is 0. The lowest BCUT2D eigenvalue weighted by molar-refractivity contribution is -0.274. The number of nitrogens with zero attached hydrogens (tertiary/aromatic N) is 1. The molecular weight excluding hydrogens is 553 g/mol. The summed E-state index contributed by atoms with van der Waals surface area (Å²) in [5.74, 6) is 0.256. The molecular formula is C31H35F3N2O4S. The van der Waals surface area contributed by atoms with Gasteiger partial charge in [-0.25, -0.2) is 4.98 Å². The molecule has 1 heterocycles. The number of amides is 1. The van der Waals surface area contributed by atoms with Crippen LogP contribution in [0.4, 0.5) is 18.9 Å². The Morgan fingerprint density at radius 2 is 1.78 bits per heavy atom. The number of thiazole rings is 1. The van der Waals surface area contributed by atoms with Crippen LogP contribution in [0.5, 0.6) is 5.75 Å². The van der Waals surface area contributed by atoms with Gasteiger partial charge in [-0.1, -0.05) is 62.4 Å². The number of carbonyl (C=O) groups is 2. The van der Waals surface area contributed by atoms with E-state index in [1.165, 1.54) is 55.6 Å². The number of alkyl halides is 3. The summed E-state index contributed by atoms with van der Waals surface area (Å²) in [5.41, 5.74) is 2.22. The minimum atomic E-state index is -4.76. The van der Waals surface area contributed by atoms with Crippen LogP contribution in [0.25, 0.3) is 11.1 Å². The molecule has 3 aromatic rings. The lowest BCUT2D eigenvalue weighted by Crippen LogP contribution is -2.17. The Labute approximate surface area is 242 Å². The molecule has 0 saturated heterocycles. The lowest BCUT2D eigenvalue weighted by atomic mass is 9.93. The molecule has 220 valence electrons. The molecule has 4 rings (SSSR count). The predicted molar refractivity (Wildman–Crippen MR) is 153 cm³/mol. The number of carbonyl (C=O) groups excluding carboxylic acids is 2. The van der Waals surface area contributed by atoms with Gasteiger partial charge < -0.3 is 14.8 Å². The first kappa shape index (κ1) is 30.6. The van der Waals surface area contributed by atoms with Crippen molar-refractivity contribution in [1.29, 1.82) is 0 Å². The Morgan fingerprint density at radius 3 is 2.54 bits per heavy atom.